The van der Waals surface area contributed by atoms with Crippen molar-refractivity contribution in [2.75, 3.05) is 0 Å². The molecule has 0 bridgehead atoms. The molecule has 1 atom stereocenters. The second-order valence-electron chi connectivity index (χ2n) is 2.70. The predicted octanol–water partition coefficient (Wildman–Crippen LogP) is 1.82. The number of carbonyl (C=O) groups is 1. The summed E-state index contributed by atoms with van der Waals surface area (Å²) in [7, 11) is 0. The van der Waals surface area contributed by atoms with Gasteiger partial charge in [-0.1, -0.05) is 6.08 Å². The van der Waals surface area contributed by atoms with E-state index >= 15 is 0 Å². The van der Waals surface area contributed by atoms with E-state index in [1.165, 1.54) is 0 Å². The lowest BCUT2D eigenvalue weighted by Gasteiger charge is -2.00. The SMILES string of the molecule is C=CCC1=C(C)C(C)OC1=O. The monoisotopic (exact) mass is 152 g/mol. The Morgan fingerprint density at radius 1 is 1.73 bits per heavy atom. The molecule has 11 heavy (non-hydrogen) atoms. The van der Waals surface area contributed by atoms with Crippen LogP contribution in [0.25, 0.3) is 0 Å². The van der Waals surface area contributed by atoms with Gasteiger partial charge in [-0.25, -0.2) is 4.79 Å². The van der Waals surface area contributed by atoms with Crippen LogP contribution in [-0.2, 0) is 9.53 Å². The minimum absolute atomic E-state index is 0.0440. The maximum atomic E-state index is 11.1. The molecule has 1 aliphatic heterocycles. The van der Waals surface area contributed by atoms with Gasteiger partial charge in [0.05, 0.1) is 0 Å². The molecule has 0 aromatic rings. The summed E-state index contributed by atoms with van der Waals surface area (Å²) in [6.45, 7) is 7.38. The van der Waals surface area contributed by atoms with Crippen molar-refractivity contribution in [2.24, 2.45) is 0 Å². The van der Waals surface area contributed by atoms with Crippen molar-refractivity contribution < 1.29 is 9.53 Å². The molecule has 1 rings (SSSR count). The van der Waals surface area contributed by atoms with E-state index in [0.29, 0.717) is 6.42 Å². The van der Waals surface area contributed by atoms with Crippen LogP contribution >= 0.6 is 0 Å². The third-order valence-electron chi connectivity index (χ3n) is 1.96. The van der Waals surface area contributed by atoms with Crippen molar-refractivity contribution in [1.82, 2.24) is 0 Å². The fraction of sp³-hybridized carbons (Fsp3) is 0.444. The number of carbonyl (C=O) groups excluding carboxylic acids is 1. The van der Waals surface area contributed by atoms with Crippen molar-refractivity contribution in [3.05, 3.63) is 23.8 Å². The smallest absolute Gasteiger partial charge is 0.334 e. The Hall–Kier alpha value is -1.05. The molecular formula is C9H12O2. The van der Waals surface area contributed by atoms with Crippen LogP contribution < -0.4 is 0 Å². The lowest BCUT2D eigenvalue weighted by molar-refractivity contribution is -0.139. The Kier molecular flexibility index (Phi) is 2.13. The Morgan fingerprint density at radius 3 is 2.73 bits per heavy atom. The van der Waals surface area contributed by atoms with E-state index in [4.69, 9.17) is 4.74 Å². The number of hydrogen-bond donors (Lipinski definition) is 0. The van der Waals surface area contributed by atoms with Crippen LogP contribution in [0, 0.1) is 0 Å². The van der Waals surface area contributed by atoms with Gasteiger partial charge >= 0.3 is 5.97 Å². The lowest BCUT2D eigenvalue weighted by atomic mass is 10.1. The number of allylic oxidation sites excluding steroid dienone is 1. The van der Waals surface area contributed by atoms with E-state index in [1.807, 2.05) is 13.8 Å². The van der Waals surface area contributed by atoms with Gasteiger partial charge in [-0.2, -0.15) is 0 Å². The Morgan fingerprint density at radius 2 is 2.36 bits per heavy atom. The number of ether oxygens (including phenoxy) is 1. The number of esters is 1. The predicted molar refractivity (Wildman–Crippen MR) is 43.1 cm³/mol. The van der Waals surface area contributed by atoms with Crippen LogP contribution in [0.4, 0.5) is 0 Å². The Bertz CT molecular complexity index is 226. The van der Waals surface area contributed by atoms with E-state index in [9.17, 15) is 4.79 Å². The Balaban J connectivity index is 2.87. The molecule has 0 aromatic carbocycles. The van der Waals surface area contributed by atoms with Gasteiger partial charge in [0.25, 0.3) is 0 Å². The molecule has 0 N–H and O–H groups in total. The van der Waals surface area contributed by atoms with Gasteiger partial charge in [0.15, 0.2) is 0 Å². The fourth-order valence-electron chi connectivity index (χ4n) is 1.12. The molecule has 0 aromatic heterocycles. The van der Waals surface area contributed by atoms with Gasteiger partial charge in [-0.3, -0.25) is 0 Å². The fourth-order valence-corrected chi connectivity index (χ4v) is 1.12. The number of hydrogen-bond acceptors (Lipinski definition) is 2. The van der Waals surface area contributed by atoms with Crippen molar-refractivity contribution in [1.29, 1.82) is 0 Å². The van der Waals surface area contributed by atoms with Crippen molar-refractivity contribution in [3.8, 4) is 0 Å². The highest BCUT2D eigenvalue weighted by Crippen LogP contribution is 2.24. The molecule has 1 unspecified atom stereocenters. The first-order valence-electron chi connectivity index (χ1n) is 3.68. The first-order valence-corrected chi connectivity index (χ1v) is 3.68. The van der Waals surface area contributed by atoms with Gasteiger partial charge < -0.3 is 4.74 Å². The largest absolute Gasteiger partial charge is 0.455 e. The molecule has 1 aliphatic rings. The topological polar surface area (TPSA) is 26.3 Å². The molecule has 0 fully saturated rings. The van der Waals surface area contributed by atoms with Crippen molar-refractivity contribution in [2.45, 2.75) is 26.4 Å². The zero-order valence-electron chi connectivity index (χ0n) is 6.89. The van der Waals surface area contributed by atoms with Gasteiger partial charge in [-0.05, 0) is 25.8 Å². The summed E-state index contributed by atoms with van der Waals surface area (Å²) in [5.41, 5.74) is 1.81. The molecule has 0 radical (unpaired) electrons. The molecule has 2 heteroatoms. The van der Waals surface area contributed by atoms with Crippen LogP contribution in [-0.4, -0.2) is 12.1 Å². The Labute approximate surface area is 66.5 Å². The summed E-state index contributed by atoms with van der Waals surface area (Å²) in [4.78, 5) is 11.1. The minimum Gasteiger partial charge on any atom is -0.455 e. The van der Waals surface area contributed by atoms with Crippen LogP contribution in [0.1, 0.15) is 20.3 Å². The summed E-state index contributed by atoms with van der Waals surface area (Å²) in [6.07, 6.45) is 2.30. The summed E-state index contributed by atoms with van der Waals surface area (Å²) in [6, 6.07) is 0. The average Bonchev–Trinajstić information content (AvgIpc) is 2.17. The maximum Gasteiger partial charge on any atom is 0.334 e. The first-order chi connectivity index (χ1) is 5.16. The number of cyclic esters (lactones) is 1. The van der Waals surface area contributed by atoms with E-state index in [0.717, 1.165) is 11.1 Å². The standard InChI is InChI=1S/C9H12O2/c1-4-5-8-6(2)7(3)11-9(8)10/h4,7H,1,5H2,2-3H3. The minimum atomic E-state index is -0.185. The third-order valence-corrected chi connectivity index (χ3v) is 1.96. The molecule has 0 spiro atoms. The second-order valence-corrected chi connectivity index (χ2v) is 2.70. The first kappa shape index (κ1) is 8.05. The molecule has 2 nitrogen and oxygen atoms in total. The van der Waals surface area contributed by atoms with Crippen LogP contribution in [0.3, 0.4) is 0 Å². The molecule has 0 aliphatic carbocycles. The zero-order valence-corrected chi connectivity index (χ0v) is 6.89. The van der Waals surface area contributed by atoms with Gasteiger partial charge in [0, 0.05) is 5.57 Å². The van der Waals surface area contributed by atoms with E-state index < -0.39 is 0 Å². The molecule has 0 saturated carbocycles. The summed E-state index contributed by atoms with van der Waals surface area (Å²) >= 11 is 0. The summed E-state index contributed by atoms with van der Waals surface area (Å²) in [5, 5.41) is 0. The summed E-state index contributed by atoms with van der Waals surface area (Å²) in [5.74, 6) is -0.185. The number of rotatable bonds is 2. The van der Waals surface area contributed by atoms with Gasteiger partial charge in [0.2, 0.25) is 0 Å². The quantitative estimate of drug-likeness (QED) is 0.445. The second kappa shape index (κ2) is 2.91. The van der Waals surface area contributed by atoms with Crippen molar-refractivity contribution >= 4 is 5.97 Å². The molecular weight excluding hydrogens is 140 g/mol. The molecule has 0 amide bonds. The van der Waals surface area contributed by atoms with Crippen LogP contribution in [0.5, 0.6) is 0 Å². The zero-order chi connectivity index (χ0) is 8.43. The lowest BCUT2D eigenvalue weighted by Crippen LogP contribution is -2.04. The van der Waals surface area contributed by atoms with E-state index in [-0.39, 0.29) is 12.1 Å². The highest BCUT2D eigenvalue weighted by atomic mass is 16.5. The van der Waals surface area contributed by atoms with E-state index in [2.05, 4.69) is 6.58 Å². The highest BCUT2D eigenvalue weighted by Gasteiger charge is 2.26. The van der Waals surface area contributed by atoms with Gasteiger partial charge in [0.1, 0.15) is 6.10 Å². The molecule has 0 saturated heterocycles. The van der Waals surface area contributed by atoms with Crippen molar-refractivity contribution in [3.63, 3.8) is 0 Å². The third kappa shape index (κ3) is 1.34. The van der Waals surface area contributed by atoms with E-state index in [1.54, 1.807) is 6.08 Å². The summed E-state index contributed by atoms with van der Waals surface area (Å²) < 4.78 is 4.98. The normalized spacial score (nSPS) is 23.8. The van der Waals surface area contributed by atoms with Gasteiger partial charge in [-0.15, -0.1) is 6.58 Å². The average molecular weight is 152 g/mol. The highest BCUT2D eigenvalue weighted by molar-refractivity contribution is 5.92. The van der Waals surface area contributed by atoms with Crippen LogP contribution in [0.15, 0.2) is 23.8 Å². The maximum absolute atomic E-state index is 11.1. The molecule has 60 valence electrons. The van der Waals surface area contributed by atoms with Crippen LogP contribution in [0.2, 0.25) is 0 Å². The molecule has 1 heterocycles.